The second kappa shape index (κ2) is 5.14. The van der Waals surface area contributed by atoms with E-state index in [1.165, 1.54) is 25.1 Å². The van der Waals surface area contributed by atoms with E-state index in [1.54, 1.807) is 0 Å². The first-order valence-electron chi connectivity index (χ1n) is 4.94. The summed E-state index contributed by atoms with van der Waals surface area (Å²) in [5.41, 5.74) is 4.61. The number of alkyl halides is 3. The molecule has 0 heterocycles. The second-order valence-electron chi connectivity index (χ2n) is 3.54. The van der Waals surface area contributed by atoms with Crippen LogP contribution >= 0.6 is 0 Å². The second-order valence-corrected chi connectivity index (χ2v) is 3.54. The molecule has 0 aliphatic carbocycles. The fourth-order valence-electron chi connectivity index (χ4n) is 1.45. The number of hydrogen-bond acceptors (Lipinski definition) is 2. The summed E-state index contributed by atoms with van der Waals surface area (Å²) in [6.45, 7) is 1.24. The van der Waals surface area contributed by atoms with E-state index in [1.807, 2.05) is 0 Å². The van der Waals surface area contributed by atoms with E-state index in [-0.39, 0.29) is 17.7 Å². The van der Waals surface area contributed by atoms with E-state index in [0.717, 1.165) is 12.1 Å². The van der Waals surface area contributed by atoms with E-state index in [9.17, 15) is 18.0 Å². The molecule has 5 heteroatoms. The maximum absolute atomic E-state index is 12.7. The maximum Gasteiger partial charge on any atom is 0.416 e. The Bertz CT molecular complexity index is 449. The number of halogens is 3. The Morgan fingerprint density at radius 2 is 1.94 bits per heavy atom. The van der Waals surface area contributed by atoms with Gasteiger partial charge in [-0.1, -0.05) is 18.2 Å². The van der Waals surface area contributed by atoms with E-state index < -0.39 is 17.5 Å². The fraction of sp³-hybridized carbons (Fsp3) is 0.250. The van der Waals surface area contributed by atoms with Gasteiger partial charge in [-0.25, -0.2) is 0 Å². The van der Waals surface area contributed by atoms with E-state index in [4.69, 9.17) is 5.73 Å². The summed E-state index contributed by atoms with van der Waals surface area (Å²) in [5, 5.41) is 0. The number of hydrogen-bond donors (Lipinski definition) is 1. The Labute approximate surface area is 96.9 Å². The Kier molecular flexibility index (Phi) is 4.07. The van der Waals surface area contributed by atoms with Crippen molar-refractivity contribution in [2.75, 3.05) is 6.54 Å². The standard InChI is InChI=1S/C12H12F3NO/c1-8(6-9(17)7-16)10-4-2-3-5-11(10)12(13,14)15/h2-6H,7,16H2,1H3. The number of nitrogens with two attached hydrogens (primary N) is 1. The van der Waals surface area contributed by atoms with Gasteiger partial charge in [-0.15, -0.1) is 0 Å². The third-order valence-electron chi connectivity index (χ3n) is 2.24. The van der Waals surface area contributed by atoms with Crippen molar-refractivity contribution in [3.8, 4) is 0 Å². The highest BCUT2D eigenvalue weighted by Gasteiger charge is 2.33. The number of ketones is 1. The van der Waals surface area contributed by atoms with Crippen LogP contribution in [0.1, 0.15) is 18.1 Å². The van der Waals surface area contributed by atoms with Gasteiger partial charge in [0, 0.05) is 0 Å². The van der Waals surface area contributed by atoms with Gasteiger partial charge >= 0.3 is 6.18 Å². The van der Waals surface area contributed by atoms with Crippen molar-refractivity contribution < 1.29 is 18.0 Å². The van der Waals surface area contributed by atoms with Gasteiger partial charge in [0.15, 0.2) is 5.78 Å². The Hall–Kier alpha value is -1.62. The van der Waals surface area contributed by atoms with Crippen molar-refractivity contribution >= 4 is 11.4 Å². The van der Waals surface area contributed by atoms with Crippen LogP contribution in [0.3, 0.4) is 0 Å². The predicted octanol–water partition coefficient (Wildman–Crippen LogP) is 2.64. The lowest BCUT2D eigenvalue weighted by atomic mass is 9.99. The van der Waals surface area contributed by atoms with Crippen LogP contribution in [0.5, 0.6) is 0 Å². The van der Waals surface area contributed by atoms with Gasteiger partial charge in [-0.3, -0.25) is 4.79 Å². The molecule has 1 rings (SSSR count). The molecule has 1 aromatic carbocycles. The number of carbonyl (C=O) groups is 1. The highest BCUT2D eigenvalue weighted by Crippen LogP contribution is 2.34. The number of allylic oxidation sites excluding steroid dienone is 1. The highest BCUT2D eigenvalue weighted by molar-refractivity contribution is 5.97. The fourth-order valence-corrected chi connectivity index (χ4v) is 1.45. The third kappa shape index (κ3) is 3.42. The summed E-state index contributed by atoms with van der Waals surface area (Å²) in [4.78, 5) is 11.1. The zero-order valence-electron chi connectivity index (χ0n) is 9.21. The summed E-state index contributed by atoms with van der Waals surface area (Å²) >= 11 is 0. The third-order valence-corrected chi connectivity index (χ3v) is 2.24. The smallest absolute Gasteiger partial charge is 0.324 e. The van der Waals surface area contributed by atoms with Crippen molar-refractivity contribution in [2.24, 2.45) is 5.73 Å². The minimum absolute atomic E-state index is 0.00167. The molecule has 2 nitrogen and oxygen atoms in total. The van der Waals surface area contributed by atoms with Crippen LogP contribution in [0, 0.1) is 0 Å². The SMILES string of the molecule is CC(=CC(=O)CN)c1ccccc1C(F)(F)F. The van der Waals surface area contributed by atoms with Crippen molar-refractivity contribution in [1.29, 1.82) is 0 Å². The number of carbonyl (C=O) groups excluding carboxylic acids is 1. The molecule has 0 aliphatic rings. The van der Waals surface area contributed by atoms with Crippen LogP contribution in [0.15, 0.2) is 30.3 Å². The largest absolute Gasteiger partial charge is 0.416 e. The van der Waals surface area contributed by atoms with Crippen LogP contribution in [0.4, 0.5) is 13.2 Å². The lowest BCUT2D eigenvalue weighted by molar-refractivity contribution is -0.137. The topological polar surface area (TPSA) is 43.1 Å². The molecular weight excluding hydrogens is 231 g/mol. The quantitative estimate of drug-likeness (QED) is 0.829. The Balaban J connectivity index is 3.23. The molecule has 1 aromatic rings. The molecule has 0 unspecified atom stereocenters. The summed E-state index contributed by atoms with van der Waals surface area (Å²) in [5.74, 6) is -0.403. The van der Waals surface area contributed by atoms with Crippen LogP contribution in [0.25, 0.3) is 5.57 Å². The van der Waals surface area contributed by atoms with Gasteiger partial charge in [0.2, 0.25) is 0 Å². The van der Waals surface area contributed by atoms with Crippen LogP contribution in [-0.2, 0) is 11.0 Å². The molecule has 0 saturated heterocycles. The van der Waals surface area contributed by atoms with Crippen LogP contribution in [0.2, 0.25) is 0 Å². The molecule has 0 bridgehead atoms. The van der Waals surface area contributed by atoms with Gasteiger partial charge in [0.05, 0.1) is 12.1 Å². The monoisotopic (exact) mass is 243 g/mol. The molecule has 0 fully saturated rings. The summed E-state index contributed by atoms with van der Waals surface area (Å²) in [7, 11) is 0. The van der Waals surface area contributed by atoms with Gasteiger partial charge in [0.1, 0.15) is 0 Å². The zero-order valence-corrected chi connectivity index (χ0v) is 9.21. The van der Waals surface area contributed by atoms with Crippen molar-refractivity contribution in [1.82, 2.24) is 0 Å². The number of rotatable bonds is 3. The van der Waals surface area contributed by atoms with Gasteiger partial charge in [0.25, 0.3) is 0 Å². The predicted molar refractivity (Wildman–Crippen MR) is 59.2 cm³/mol. The minimum atomic E-state index is -4.43. The summed E-state index contributed by atoms with van der Waals surface area (Å²) in [6, 6.07) is 5.12. The van der Waals surface area contributed by atoms with Crippen molar-refractivity contribution in [3.05, 3.63) is 41.5 Å². The first kappa shape index (κ1) is 13.4. The molecule has 17 heavy (non-hydrogen) atoms. The maximum atomic E-state index is 12.7. The molecule has 0 radical (unpaired) electrons. The molecule has 2 N–H and O–H groups in total. The molecular formula is C12H12F3NO. The van der Waals surface area contributed by atoms with E-state index in [0.29, 0.717) is 0 Å². The van der Waals surface area contributed by atoms with Crippen LogP contribution < -0.4 is 5.73 Å². The Morgan fingerprint density at radius 3 is 2.47 bits per heavy atom. The molecule has 92 valence electrons. The number of benzene rings is 1. The Morgan fingerprint density at radius 1 is 1.35 bits per heavy atom. The van der Waals surface area contributed by atoms with Crippen LogP contribution in [-0.4, -0.2) is 12.3 Å². The molecule has 0 atom stereocenters. The van der Waals surface area contributed by atoms with E-state index in [2.05, 4.69) is 0 Å². The van der Waals surface area contributed by atoms with Gasteiger partial charge in [-0.05, 0) is 30.2 Å². The minimum Gasteiger partial charge on any atom is -0.324 e. The normalized spacial score (nSPS) is 12.6. The molecule has 0 aromatic heterocycles. The molecule has 0 saturated carbocycles. The highest BCUT2D eigenvalue weighted by atomic mass is 19.4. The first-order valence-corrected chi connectivity index (χ1v) is 4.94. The van der Waals surface area contributed by atoms with Crippen molar-refractivity contribution in [3.63, 3.8) is 0 Å². The summed E-state index contributed by atoms with van der Waals surface area (Å²) in [6.07, 6.45) is -3.30. The molecule has 0 aliphatic heterocycles. The molecule has 0 amide bonds. The average molecular weight is 243 g/mol. The van der Waals surface area contributed by atoms with E-state index >= 15 is 0 Å². The molecule has 0 spiro atoms. The van der Waals surface area contributed by atoms with Gasteiger partial charge < -0.3 is 5.73 Å². The van der Waals surface area contributed by atoms with Crippen molar-refractivity contribution in [2.45, 2.75) is 13.1 Å². The first-order chi connectivity index (χ1) is 7.86. The summed E-state index contributed by atoms with van der Waals surface area (Å²) < 4.78 is 38.1. The van der Waals surface area contributed by atoms with Gasteiger partial charge in [-0.2, -0.15) is 13.2 Å². The lowest BCUT2D eigenvalue weighted by Crippen LogP contribution is -2.12. The average Bonchev–Trinajstić information content (AvgIpc) is 2.27. The zero-order chi connectivity index (χ0) is 13.1. The lowest BCUT2D eigenvalue weighted by Gasteiger charge is -2.12.